The summed E-state index contributed by atoms with van der Waals surface area (Å²) >= 11 is 3.43. The number of benzene rings is 1. The lowest BCUT2D eigenvalue weighted by molar-refractivity contribution is 0.104. The Bertz CT molecular complexity index is 733. The summed E-state index contributed by atoms with van der Waals surface area (Å²) in [5, 5.41) is 4.38. The molecule has 22 heavy (non-hydrogen) atoms. The van der Waals surface area contributed by atoms with Crippen molar-refractivity contribution in [2.75, 3.05) is 7.11 Å². The Morgan fingerprint density at radius 2 is 2.14 bits per heavy atom. The van der Waals surface area contributed by atoms with Crippen LogP contribution in [0.2, 0.25) is 0 Å². The fraction of sp³-hybridized carbons (Fsp3) is 0.294. The van der Waals surface area contributed by atoms with Crippen molar-refractivity contribution in [1.82, 2.24) is 9.78 Å². The number of nitrogens with zero attached hydrogens (tertiary/aromatic N) is 2. The van der Waals surface area contributed by atoms with Gasteiger partial charge in [0.2, 0.25) is 0 Å². The van der Waals surface area contributed by atoms with Crippen molar-refractivity contribution in [3.8, 4) is 5.75 Å². The normalized spacial score (nSPS) is 11.1. The molecule has 4 nitrogen and oxygen atoms in total. The fourth-order valence-corrected chi connectivity index (χ4v) is 2.82. The Labute approximate surface area is 138 Å². The quantitative estimate of drug-likeness (QED) is 0.591. The van der Waals surface area contributed by atoms with Gasteiger partial charge in [-0.2, -0.15) is 5.10 Å². The zero-order valence-corrected chi connectivity index (χ0v) is 14.8. The van der Waals surface area contributed by atoms with Crippen molar-refractivity contribution in [3.05, 3.63) is 51.3 Å². The van der Waals surface area contributed by atoms with Crippen LogP contribution >= 0.6 is 15.9 Å². The Morgan fingerprint density at radius 3 is 2.73 bits per heavy atom. The second kappa shape index (κ2) is 6.92. The van der Waals surface area contributed by atoms with Gasteiger partial charge in [-0.1, -0.05) is 15.9 Å². The van der Waals surface area contributed by atoms with Crippen LogP contribution in [0.3, 0.4) is 0 Å². The Kier molecular flexibility index (Phi) is 5.19. The maximum absolute atomic E-state index is 12.5. The highest BCUT2D eigenvalue weighted by Gasteiger charge is 2.16. The molecule has 116 valence electrons. The second-order valence-electron chi connectivity index (χ2n) is 4.95. The number of carbonyl (C=O) groups excluding carboxylic acids is 1. The van der Waals surface area contributed by atoms with Crippen molar-refractivity contribution in [2.24, 2.45) is 0 Å². The summed E-state index contributed by atoms with van der Waals surface area (Å²) < 4.78 is 8.09. The van der Waals surface area contributed by atoms with E-state index in [-0.39, 0.29) is 5.78 Å². The highest BCUT2D eigenvalue weighted by molar-refractivity contribution is 9.10. The van der Waals surface area contributed by atoms with Gasteiger partial charge in [-0.25, -0.2) is 0 Å². The van der Waals surface area contributed by atoms with E-state index in [0.29, 0.717) is 5.56 Å². The predicted octanol–water partition coefficient (Wildman–Crippen LogP) is 4.19. The molecule has 1 heterocycles. The topological polar surface area (TPSA) is 44.1 Å². The van der Waals surface area contributed by atoms with E-state index in [1.807, 2.05) is 43.7 Å². The molecule has 0 N–H and O–H groups in total. The second-order valence-corrected chi connectivity index (χ2v) is 5.86. The van der Waals surface area contributed by atoms with E-state index in [1.54, 1.807) is 19.3 Å². The van der Waals surface area contributed by atoms with Gasteiger partial charge in [0.15, 0.2) is 5.78 Å². The third-order valence-electron chi connectivity index (χ3n) is 3.53. The molecule has 0 unspecified atom stereocenters. The van der Waals surface area contributed by atoms with Crippen LogP contribution in [-0.2, 0) is 6.54 Å². The van der Waals surface area contributed by atoms with Crippen LogP contribution in [0.25, 0.3) is 6.08 Å². The minimum absolute atomic E-state index is 0.0447. The number of allylic oxidation sites excluding steroid dienone is 1. The van der Waals surface area contributed by atoms with Crippen LogP contribution in [0.4, 0.5) is 0 Å². The zero-order valence-electron chi connectivity index (χ0n) is 13.2. The third-order valence-corrected chi connectivity index (χ3v) is 4.03. The highest BCUT2D eigenvalue weighted by atomic mass is 79.9. The number of aromatic nitrogens is 2. The number of aryl methyl sites for hydroxylation is 2. The van der Waals surface area contributed by atoms with Gasteiger partial charge >= 0.3 is 0 Å². The molecule has 1 aromatic heterocycles. The maximum Gasteiger partial charge on any atom is 0.189 e. The van der Waals surface area contributed by atoms with E-state index in [0.717, 1.165) is 33.7 Å². The van der Waals surface area contributed by atoms with Gasteiger partial charge in [0, 0.05) is 22.3 Å². The molecule has 0 spiro atoms. The molecular weight excluding hydrogens is 344 g/mol. The molecule has 0 radical (unpaired) electrons. The summed E-state index contributed by atoms with van der Waals surface area (Å²) in [4.78, 5) is 12.5. The largest absolute Gasteiger partial charge is 0.496 e. The summed E-state index contributed by atoms with van der Waals surface area (Å²) in [6.07, 6.45) is 3.34. The molecule has 2 rings (SSSR count). The zero-order chi connectivity index (χ0) is 16.3. The number of carbonyl (C=O) groups is 1. The number of ketones is 1. The molecule has 0 aliphatic heterocycles. The molecule has 2 aromatic rings. The van der Waals surface area contributed by atoms with Gasteiger partial charge in [0.1, 0.15) is 5.75 Å². The summed E-state index contributed by atoms with van der Waals surface area (Å²) in [6, 6.07) is 5.68. The predicted molar refractivity (Wildman–Crippen MR) is 91.4 cm³/mol. The maximum atomic E-state index is 12.5. The lowest BCUT2D eigenvalue weighted by atomic mass is 10.1. The van der Waals surface area contributed by atoms with Gasteiger partial charge < -0.3 is 4.74 Å². The van der Waals surface area contributed by atoms with Crippen LogP contribution in [-0.4, -0.2) is 22.7 Å². The molecule has 0 aliphatic carbocycles. The van der Waals surface area contributed by atoms with Crippen LogP contribution in [0.1, 0.15) is 34.2 Å². The van der Waals surface area contributed by atoms with Crippen LogP contribution < -0.4 is 4.74 Å². The molecule has 1 aromatic carbocycles. The Hall–Kier alpha value is -1.88. The Morgan fingerprint density at radius 1 is 1.41 bits per heavy atom. The minimum Gasteiger partial charge on any atom is -0.496 e. The van der Waals surface area contributed by atoms with Crippen molar-refractivity contribution in [1.29, 1.82) is 0 Å². The first-order valence-electron chi connectivity index (χ1n) is 7.07. The number of rotatable bonds is 5. The van der Waals surface area contributed by atoms with E-state index in [9.17, 15) is 4.79 Å². The molecule has 0 atom stereocenters. The van der Waals surface area contributed by atoms with E-state index < -0.39 is 0 Å². The smallest absolute Gasteiger partial charge is 0.189 e. The van der Waals surface area contributed by atoms with E-state index in [2.05, 4.69) is 21.0 Å². The summed E-state index contributed by atoms with van der Waals surface area (Å²) in [7, 11) is 1.61. The number of hydrogen-bond acceptors (Lipinski definition) is 3. The lowest BCUT2D eigenvalue weighted by Crippen LogP contribution is -2.02. The first-order valence-corrected chi connectivity index (χ1v) is 7.87. The fourth-order valence-electron chi connectivity index (χ4n) is 2.45. The van der Waals surface area contributed by atoms with Gasteiger partial charge in [0.05, 0.1) is 18.4 Å². The molecule has 0 saturated heterocycles. The lowest BCUT2D eigenvalue weighted by Gasteiger charge is -2.05. The Balaban J connectivity index is 2.33. The van der Waals surface area contributed by atoms with Gasteiger partial charge in [0.25, 0.3) is 0 Å². The first kappa shape index (κ1) is 16.5. The van der Waals surface area contributed by atoms with Crippen molar-refractivity contribution in [3.63, 3.8) is 0 Å². The molecule has 0 amide bonds. The van der Waals surface area contributed by atoms with E-state index in [1.165, 1.54) is 0 Å². The first-order chi connectivity index (χ1) is 10.5. The van der Waals surface area contributed by atoms with Crippen LogP contribution in [0.5, 0.6) is 5.75 Å². The number of hydrogen-bond donors (Lipinski definition) is 0. The van der Waals surface area contributed by atoms with Crippen LogP contribution in [0.15, 0.2) is 28.7 Å². The SMILES string of the molecule is CCn1nc(C)c(C(=O)C=Cc2cc(Br)ccc2OC)c1C. The summed E-state index contributed by atoms with van der Waals surface area (Å²) in [5.74, 6) is 0.682. The average Bonchev–Trinajstić information content (AvgIpc) is 2.79. The van der Waals surface area contributed by atoms with Gasteiger partial charge in [-0.15, -0.1) is 0 Å². The number of methoxy groups -OCH3 is 1. The molecule has 0 bridgehead atoms. The monoisotopic (exact) mass is 362 g/mol. The van der Waals surface area contributed by atoms with Crippen molar-refractivity contribution < 1.29 is 9.53 Å². The van der Waals surface area contributed by atoms with Gasteiger partial charge in [-0.05, 0) is 51.1 Å². The van der Waals surface area contributed by atoms with Gasteiger partial charge in [-0.3, -0.25) is 9.48 Å². The molecule has 0 aliphatic rings. The van der Waals surface area contributed by atoms with Crippen molar-refractivity contribution in [2.45, 2.75) is 27.3 Å². The molecule has 0 fully saturated rings. The molecular formula is C17H19BrN2O2. The standard InChI is InChI=1S/C17H19BrN2O2/c1-5-20-12(3)17(11(2)19-20)15(21)8-6-13-10-14(18)7-9-16(13)22-4/h6-10H,5H2,1-4H3. The molecule has 0 saturated carbocycles. The van der Waals surface area contributed by atoms with Crippen LogP contribution in [0, 0.1) is 13.8 Å². The average molecular weight is 363 g/mol. The summed E-state index contributed by atoms with van der Waals surface area (Å²) in [5.41, 5.74) is 3.18. The third kappa shape index (κ3) is 3.30. The molecule has 5 heteroatoms. The minimum atomic E-state index is -0.0447. The number of halogens is 1. The van der Waals surface area contributed by atoms with Crippen molar-refractivity contribution >= 4 is 27.8 Å². The summed E-state index contributed by atoms with van der Waals surface area (Å²) in [6.45, 7) is 6.54. The van der Waals surface area contributed by atoms with E-state index >= 15 is 0 Å². The van der Waals surface area contributed by atoms with E-state index in [4.69, 9.17) is 4.74 Å². The highest BCUT2D eigenvalue weighted by Crippen LogP contribution is 2.24. The number of ether oxygens (including phenoxy) is 1.